The molecule has 31 heavy (non-hydrogen) atoms. The van der Waals surface area contributed by atoms with Crippen LogP contribution in [0.3, 0.4) is 0 Å². The Balaban J connectivity index is 2.12. The van der Waals surface area contributed by atoms with Crippen molar-refractivity contribution in [1.82, 2.24) is 4.57 Å². The van der Waals surface area contributed by atoms with Crippen LogP contribution < -0.4 is 10.1 Å². The van der Waals surface area contributed by atoms with Crippen molar-refractivity contribution < 1.29 is 19.1 Å². The van der Waals surface area contributed by atoms with Crippen LogP contribution in [0.4, 0.5) is 5.69 Å². The number of nitrogens with one attached hydrogen (secondary N) is 1. The van der Waals surface area contributed by atoms with Crippen LogP contribution in [0.5, 0.6) is 5.75 Å². The van der Waals surface area contributed by atoms with E-state index in [1.807, 2.05) is 26.0 Å². The molecule has 2 rings (SSSR count). The number of benzene rings is 1. The molecule has 1 amide bonds. The minimum absolute atomic E-state index is 0.161. The number of carbonyl (C=O) groups excluding carboxylic acids is 2. The number of aryl methyl sites for hydroxylation is 1. The molecule has 7 nitrogen and oxygen atoms in total. The molecule has 0 aliphatic carbocycles. The summed E-state index contributed by atoms with van der Waals surface area (Å²) in [5, 5.41) is 12.1. The molecule has 0 aliphatic rings. The Bertz CT molecular complexity index is 1030. The second-order valence-corrected chi connectivity index (χ2v) is 7.77. The lowest BCUT2D eigenvalue weighted by Gasteiger charge is -2.14. The molecule has 0 saturated heterocycles. The van der Waals surface area contributed by atoms with Gasteiger partial charge < -0.3 is 19.4 Å². The van der Waals surface area contributed by atoms with Crippen molar-refractivity contribution in [3.63, 3.8) is 0 Å². The topological polar surface area (TPSA) is 93.3 Å². The molecule has 0 fully saturated rings. The largest absolute Gasteiger partial charge is 0.497 e. The molecule has 0 saturated carbocycles. The summed E-state index contributed by atoms with van der Waals surface area (Å²) in [5.74, 6) is -0.295. The van der Waals surface area contributed by atoms with E-state index in [9.17, 15) is 14.9 Å². The van der Waals surface area contributed by atoms with E-state index >= 15 is 0 Å². The third-order valence-electron chi connectivity index (χ3n) is 4.79. The van der Waals surface area contributed by atoms with E-state index in [1.165, 1.54) is 20.1 Å². The van der Waals surface area contributed by atoms with Gasteiger partial charge in [-0.1, -0.05) is 19.9 Å². The molecule has 1 N–H and O–H groups in total. The highest BCUT2D eigenvalue weighted by Crippen LogP contribution is 2.21. The molecule has 0 bridgehead atoms. The average Bonchev–Trinajstić information content (AvgIpc) is 2.98. The van der Waals surface area contributed by atoms with E-state index in [0.717, 1.165) is 23.5 Å². The third-order valence-corrected chi connectivity index (χ3v) is 4.79. The number of methoxy groups -OCH3 is 1. The first-order chi connectivity index (χ1) is 14.7. The highest BCUT2D eigenvalue weighted by Gasteiger charge is 2.21. The van der Waals surface area contributed by atoms with Gasteiger partial charge in [0.15, 0.2) is 6.10 Å². The van der Waals surface area contributed by atoms with Gasteiger partial charge in [-0.15, -0.1) is 0 Å². The van der Waals surface area contributed by atoms with Crippen LogP contribution in [0.25, 0.3) is 6.08 Å². The van der Waals surface area contributed by atoms with Gasteiger partial charge in [-0.25, -0.2) is 4.79 Å². The summed E-state index contributed by atoms with van der Waals surface area (Å²) in [5.41, 5.74) is 3.15. The minimum Gasteiger partial charge on any atom is -0.497 e. The molecule has 0 aliphatic heterocycles. The van der Waals surface area contributed by atoms with E-state index in [-0.39, 0.29) is 5.57 Å². The van der Waals surface area contributed by atoms with E-state index in [4.69, 9.17) is 9.47 Å². The summed E-state index contributed by atoms with van der Waals surface area (Å²) in [7, 11) is 1.53. The lowest BCUT2D eigenvalue weighted by molar-refractivity contribution is -0.148. The minimum atomic E-state index is -1.08. The molecule has 1 heterocycles. The van der Waals surface area contributed by atoms with Gasteiger partial charge in [-0.3, -0.25) is 4.79 Å². The number of anilines is 1. The number of hydrogen-bond donors (Lipinski definition) is 1. The number of aromatic nitrogens is 1. The monoisotopic (exact) mass is 423 g/mol. The van der Waals surface area contributed by atoms with Crippen molar-refractivity contribution in [3.8, 4) is 11.8 Å². The van der Waals surface area contributed by atoms with E-state index in [1.54, 1.807) is 24.3 Å². The number of rotatable bonds is 8. The summed E-state index contributed by atoms with van der Waals surface area (Å²) in [6.45, 7) is 10.5. The average molecular weight is 424 g/mol. The zero-order chi connectivity index (χ0) is 23.1. The lowest BCUT2D eigenvalue weighted by atomic mass is 10.1. The van der Waals surface area contributed by atoms with Crippen LogP contribution >= 0.6 is 0 Å². The number of carbonyl (C=O) groups is 2. The Morgan fingerprint density at radius 3 is 2.55 bits per heavy atom. The summed E-state index contributed by atoms with van der Waals surface area (Å²) in [4.78, 5) is 24.9. The van der Waals surface area contributed by atoms with Crippen LogP contribution in [-0.4, -0.2) is 29.7 Å². The summed E-state index contributed by atoms with van der Waals surface area (Å²) < 4.78 is 12.5. The van der Waals surface area contributed by atoms with E-state index < -0.39 is 18.0 Å². The number of nitriles is 1. The molecule has 0 unspecified atom stereocenters. The maximum Gasteiger partial charge on any atom is 0.349 e. The zero-order valence-electron chi connectivity index (χ0n) is 18.9. The number of esters is 1. The first kappa shape index (κ1) is 23.7. The number of ether oxygens (including phenoxy) is 2. The fourth-order valence-electron chi connectivity index (χ4n) is 3.13. The van der Waals surface area contributed by atoms with Crippen molar-refractivity contribution in [3.05, 3.63) is 52.9 Å². The Morgan fingerprint density at radius 2 is 1.94 bits per heavy atom. The molecular weight excluding hydrogens is 394 g/mol. The van der Waals surface area contributed by atoms with Gasteiger partial charge in [0.05, 0.1) is 7.11 Å². The standard InChI is InChI=1S/C24H29N3O4/c1-15(2)14-27-16(3)10-19(17(27)4)11-20(13-25)24(29)31-18(5)23(28)26-21-8-7-9-22(12-21)30-6/h7-12,15,18H,14H2,1-6H3,(H,26,28)/b20-11+/t18-/m0/s1. The fourth-order valence-corrected chi connectivity index (χ4v) is 3.13. The number of nitrogens with zero attached hydrogens (tertiary/aromatic N) is 2. The van der Waals surface area contributed by atoms with Crippen LogP contribution in [0, 0.1) is 31.1 Å². The van der Waals surface area contributed by atoms with Gasteiger partial charge in [-0.05, 0) is 56.5 Å². The molecule has 164 valence electrons. The van der Waals surface area contributed by atoms with Gasteiger partial charge in [0.2, 0.25) is 0 Å². The first-order valence-corrected chi connectivity index (χ1v) is 10.1. The van der Waals surface area contributed by atoms with Crippen LogP contribution in [-0.2, 0) is 20.9 Å². The Morgan fingerprint density at radius 1 is 1.23 bits per heavy atom. The molecule has 1 aromatic heterocycles. The number of hydrogen-bond acceptors (Lipinski definition) is 5. The zero-order valence-corrected chi connectivity index (χ0v) is 18.9. The second-order valence-electron chi connectivity index (χ2n) is 7.77. The second kappa shape index (κ2) is 10.5. The first-order valence-electron chi connectivity index (χ1n) is 10.1. The molecule has 1 aromatic carbocycles. The predicted octanol–water partition coefficient (Wildman–Crippen LogP) is 4.25. The van der Waals surface area contributed by atoms with Gasteiger partial charge in [-0.2, -0.15) is 5.26 Å². The van der Waals surface area contributed by atoms with Crippen molar-refractivity contribution in [2.24, 2.45) is 5.92 Å². The molecule has 2 aromatic rings. The van der Waals surface area contributed by atoms with E-state index in [2.05, 4.69) is 23.7 Å². The summed E-state index contributed by atoms with van der Waals surface area (Å²) >= 11 is 0. The van der Waals surface area contributed by atoms with Gasteiger partial charge >= 0.3 is 5.97 Å². The fraction of sp³-hybridized carbons (Fsp3) is 0.375. The molecule has 7 heteroatoms. The smallest absolute Gasteiger partial charge is 0.349 e. The van der Waals surface area contributed by atoms with E-state index in [0.29, 0.717) is 17.4 Å². The SMILES string of the molecule is COc1cccc(NC(=O)[C@H](C)OC(=O)/C(C#N)=C/c2cc(C)n(CC(C)C)c2C)c1. The Kier molecular flexibility index (Phi) is 8.03. The maximum absolute atomic E-state index is 12.5. The van der Waals surface area contributed by atoms with Gasteiger partial charge in [0, 0.05) is 29.7 Å². The lowest BCUT2D eigenvalue weighted by Crippen LogP contribution is -2.30. The predicted molar refractivity (Wildman–Crippen MR) is 120 cm³/mol. The Hall–Kier alpha value is -3.53. The molecule has 0 spiro atoms. The van der Waals surface area contributed by atoms with Gasteiger partial charge in [0.25, 0.3) is 5.91 Å². The Labute approximate surface area is 183 Å². The molecule has 1 atom stereocenters. The normalized spacial score (nSPS) is 12.3. The molecule has 0 radical (unpaired) electrons. The van der Waals surface area contributed by atoms with Crippen LogP contribution in [0.15, 0.2) is 35.9 Å². The summed E-state index contributed by atoms with van der Waals surface area (Å²) in [6.07, 6.45) is 0.428. The highest BCUT2D eigenvalue weighted by atomic mass is 16.5. The van der Waals surface area contributed by atoms with Gasteiger partial charge in [0.1, 0.15) is 17.4 Å². The highest BCUT2D eigenvalue weighted by molar-refractivity contribution is 6.01. The van der Waals surface area contributed by atoms with Crippen molar-refractivity contribution in [1.29, 1.82) is 5.26 Å². The van der Waals surface area contributed by atoms with Crippen LogP contribution in [0.2, 0.25) is 0 Å². The van der Waals surface area contributed by atoms with Crippen molar-refractivity contribution in [2.45, 2.75) is 47.3 Å². The summed E-state index contributed by atoms with van der Waals surface area (Å²) in [6, 6.07) is 10.7. The quantitative estimate of drug-likeness (QED) is 0.389. The third kappa shape index (κ3) is 6.22. The van der Waals surface area contributed by atoms with Crippen molar-refractivity contribution >= 4 is 23.6 Å². The number of amides is 1. The van der Waals surface area contributed by atoms with Crippen LogP contribution in [0.1, 0.15) is 37.7 Å². The maximum atomic E-state index is 12.5. The van der Waals surface area contributed by atoms with Crippen molar-refractivity contribution in [2.75, 3.05) is 12.4 Å². The molecular formula is C24H29N3O4.